The predicted molar refractivity (Wildman–Crippen MR) is 106 cm³/mol. The average molecular weight is 373 g/mol. The van der Waals surface area contributed by atoms with Gasteiger partial charge in [-0.15, -0.1) is 0 Å². The van der Waals surface area contributed by atoms with Gasteiger partial charge >= 0.3 is 0 Å². The molecule has 0 aromatic heterocycles. The summed E-state index contributed by atoms with van der Waals surface area (Å²) in [5, 5.41) is 5.98. The van der Waals surface area contributed by atoms with Crippen molar-refractivity contribution in [2.24, 2.45) is 0 Å². The Kier molecular flexibility index (Phi) is 7.67. The minimum Gasteiger partial charge on any atom is -0.354 e. The van der Waals surface area contributed by atoms with Crippen LogP contribution in [0.5, 0.6) is 0 Å². The molecule has 0 saturated carbocycles. The molecule has 0 aliphatic carbocycles. The van der Waals surface area contributed by atoms with Crippen LogP contribution in [0, 0.1) is 0 Å². The molecule has 0 unspecified atom stereocenters. The summed E-state index contributed by atoms with van der Waals surface area (Å²) in [6.45, 7) is 5.07. The van der Waals surface area contributed by atoms with E-state index in [2.05, 4.69) is 48.7 Å². The van der Waals surface area contributed by atoms with Gasteiger partial charge in [-0.2, -0.15) is 0 Å². The zero-order chi connectivity index (χ0) is 18.9. The van der Waals surface area contributed by atoms with Crippen molar-refractivity contribution in [1.82, 2.24) is 10.6 Å². The van der Waals surface area contributed by atoms with Gasteiger partial charge in [-0.25, -0.2) is 0 Å². The maximum absolute atomic E-state index is 12.0. The van der Waals surface area contributed by atoms with Crippen molar-refractivity contribution in [3.63, 3.8) is 0 Å². The van der Waals surface area contributed by atoms with Gasteiger partial charge in [0.1, 0.15) is 0 Å². The number of hydrogen-bond donors (Lipinski definition) is 2. The van der Waals surface area contributed by atoms with Gasteiger partial charge in [0.2, 0.25) is 5.91 Å². The number of hydrogen-bond acceptors (Lipinski definition) is 2. The van der Waals surface area contributed by atoms with Gasteiger partial charge in [0.25, 0.3) is 5.91 Å². The maximum atomic E-state index is 12.0. The number of carbonyl (C=O) groups excluding carboxylic acids is 2. The van der Waals surface area contributed by atoms with Crippen LogP contribution in [-0.2, 0) is 11.2 Å². The number of carbonyl (C=O) groups is 2. The van der Waals surface area contributed by atoms with E-state index in [0.717, 1.165) is 5.56 Å². The predicted octanol–water partition coefficient (Wildman–Crippen LogP) is 3.94. The first-order valence-corrected chi connectivity index (χ1v) is 9.23. The van der Waals surface area contributed by atoms with Crippen molar-refractivity contribution < 1.29 is 9.59 Å². The fourth-order valence-electron chi connectivity index (χ4n) is 2.53. The summed E-state index contributed by atoms with van der Waals surface area (Å²) in [4.78, 5) is 23.9. The SMILES string of the molecule is CC(C)c1ccc(CCC(=O)NCCNC(=O)c2ccccc2Cl)cc1. The van der Waals surface area contributed by atoms with Crippen molar-refractivity contribution >= 4 is 23.4 Å². The van der Waals surface area contributed by atoms with Crippen LogP contribution in [0.1, 0.15) is 47.7 Å². The number of halogens is 1. The van der Waals surface area contributed by atoms with Gasteiger partial charge in [-0.1, -0.05) is 61.8 Å². The second-order valence-electron chi connectivity index (χ2n) is 6.48. The van der Waals surface area contributed by atoms with E-state index in [1.165, 1.54) is 5.56 Å². The Bertz CT molecular complexity index is 742. The van der Waals surface area contributed by atoms with Gasteiger partial charge in [0.15, 0.2) is 0 Å². The Morgan fingerprint density at radius 1 is 0.962 bits per heavy atom. The first-order chi connectivity index (χ1) is 12.5. The summed E-state index contributed by atoms with van der Waals surface area (Å²) in [7, 11) is 0. The molecule has 2 amide bonds. The first kappa shape index (κ1) is 20.0. The topological polar surface area (TPSA) is 58.2 Å². The number of nitrogens with one attached hydrogen (secondary N) is 2. The Labute approximate surface area is 159 Å². The molecular weight excluding hydrogens is 348 g/mol. The van der Waals surface area contributed by atoms with Gasteiger partial charge in [-0.05, 0) is 35.6 Å². The number of rotatable bonds is 8. The Hall–Kier alpha value is -2.33. The zero-order valence-electron chi connectivity index (χ0n) is 15.2. The van der Waals surface area contributed by atoms with Crippen molar-refractivity contribution in [3.05, 3.63) is 70.2 Å². The third kappa shape index (κ3) is 6.19. The van der Waals surface area contributed by atoms with Crippen LogP contribution in [0.4, 0.5) is 0 Å². The molecule has 0 aliphatic rings. The van der Waals surface area contributed by atoms with E-state index in [9.17, 15) is 9.59 Å². The quantitative estimate of drug-likeness (QED) is 0.689. The van der Waals surface area contributed by atoms with Gasteiger partial charge in [0, 0.05) is 19.5 Å². The van der Waals surface area contributed by atoms with Crippen molar-refractivity contribution in [1.29, 1.82) is 0 Å². The highest BCUT2D eigenvalue weighted by atomic mass is 35.5. The van der Waals surface area contributed by atoms with Crippen molar-refractivity contribution in [3.8, 4) is 0 Å². The lowest BCUT2D eigenvalue weighted by Gasteiger charge is -2.09. The lowest BCUT2D eigenvalue weighted by molar-refractivity contribution is -0.121. The number of amides is 2. The Morgan fingerprint density at radius 2 is 1.62 bits per heavy atom. The summed E-state index contributed by atoms with van der Waals surface area (Å²) in [5.74, 6) is 0.244. The van der Waals surface area contributed by atoms with Gasteiger partial charge in [0.05, 0.1) is 10.6 Å². The molecule has 2 aromatic carbocycles. The highest BCUT2D eigenvalue weighted by Crippen LogP contribution is 2.15. The number of benzene rings is 2. The van der Waals surface area contributed by atoms with Crippen LogP contribution in [0.25, 0.3) is 0 Å². The van der Waals surface area contributed by atoms with E-state index < -0.39 is 0 Å². The zero-order valence-corrected chi connectivity index (χ0v) is 16.0. The van der Waals surface area contributed by atoms with E-state index in [1.54, 1.807) is 24.3 Å². The molecule has 0 spiro atoms. The average Bonchev–Trinajstić information content (AvgIpc) is 2.64. The smallest absolute Gasteiger partial charge is 0.252 e. The lowest BCUT2D eigenvalue weighted by Crippen LogP contribution is -2.34. The summed E-state index contributed by atoms with van der Waals surface area (Å²) < 4.78 is 0. The van der Waals surface area contributed by atoms with E-state index in [-0.39, 0.29) is 11.8 Å². The Balaban J connectivity index is 1.66. The lowest BCUT2D eigenvalue weighted by atomic mass is 10.0. The molecule has 2 aromatic rings. The summed E-state index contributed by atoms with van der Waals surface area (Å²) in [6, 6.07) is 15.3. The molecule has 0 atom stereocenters. The van der Waals surface area contributed by atoms with Crippen LogP contribution in [0.2, 0.25) is 5.02 Å². The molecular formula is C21H25ClN2O2. The molecule has 26 heavy (non-hydrogen) atoms. The molecule has 0 saturated heterocycles. The molecule has 0 fully saturated rings. The molecule has 5 heteroatoms. The minimum absolute atomic E-state index is 0.0232. The summed E-state index contributed by atoms with van der Waals surface area (Å²) in [6.07, 6.45) is 1.13. The highest BCUT2D eigenvalue weighted by Gasteiger charge is 2.09. The van der Waals surface area contributed by atoms with E-state index in [4.69, 9.17) is 11.6 Å². The monoisotopic (exact) mass is 372 g/mol. The van der Waals surface area contributed by atoms with Crippen molar-refractivity contribution in [2.75, 3.05) is 13.1 Å². The number of aryl methyl sites for hydroxylation is 1. The normalized spacial score (nSPS) is 10.6. The molecule has 4 nitrogen and oxygen atoms in total. The molecule has 0 radical (unpaired) electrons. The van der Waals surface area contributed by atoms with E-state index in [1.807, 2.05) is 0 Å². The second-order valence-corrected chi connectivity index (χ2v) is 6.89. The molecule has 2 N–H and O–H groups in total. The fraction of sp³-hybridized carbons (Fsp3) is 0.333. The third-order valence-corrected chi connectivity index (χ3v) is 4.47. The highest BCUT2D eigenvalue weighted by molar-refractivity contribution is 6.33. The largest absolute Gasteiger partial charge is 0.354 e. The fourth-order valence-corrected chi connectivity index (χ4v) is 2.76. The standard InChI is InChI=1S/C21H25ClN2O2/c1-15(2)17-10-7-16(8-11-17)9-12-20(25)23-13-14-24-21(26)18-5-3-4-6-19(18)22/h3-8,10-11,15H,9,12-14H2,1-2H3,(H,23,25)(H,24,26). The van der Waals surface area contributed by atoms with Crippen LogP contribution >= 0.6 is 11.6 Å². The molecule has 0 bridgehead atoms. The molecule has 138 valence electrons. The third-order valence-electron chi connectivity index (χ3n) is 4.14. The van der Waals surface area contributed by atoms with Gasteiger partial charge in [-0.3, -0.25) is 9.59 Å². The van der Waals surface area contributed by atoms with E-state index in [0.29, 0.717) is 42.4 Å². The maximum Gasteiger partial charge on any atom is 0.252 e. The second kappa shape index (κ2) is 9.97. The molecule has 2 rings (SSSR count). The Morgan fingerprint density at radius 3 is 2.27 bits per heavy atom. The first-order valence-electron chi connectivity index (χ1n) is 8.85. The minimum atomic E-state index is -0.241. The van der Waals surface area contributed by atoms with Crippen LogP contribution < -0.4 is 10.6 Å². The van der Waals surface area contributed by atoms with Gasteiger partial charge < -0.3 is 10.6 Å². The summed E-state index contributed by atoms with van der Waals surface area (Å²) in [5.41, 5.74) is 2.88. The van der Waals surface area contributed by atoms with E-state index >= 15 is 0 Å². The van der Waals surface area contributed by atoms with Crippen LogP contribution in [0.3, 0.4) is 0 Å². The molecule has 0 aliphatic heterocycles. The van der Waals surface area contributed by atoms with Crippen molar-refractivity contribution in [2.45, 2.75) is 32.6 Å². The van der Waals surface area contributed by atoms with Crippen LogP contribution in [-0.4, -0.2) is 24.9 Å². The van der Waals surface area contributed by atoms with Crippen LogP contribution in [0.15, 0.2) is 48.5 Å². The molecule has 0 heterocycles. The summed E-state index contributed by atoms with van der Waals surface area (Å²) >= 11 is 5.98.